The van der Waals surface area contributed by atoms with E-state index < -0.39 is 0 Å². The summed E-state index contributed by atoms with van der Waals surface area (Å²) >= 11 is 1.63. The van der Waals surface area contributed by atoms with E-state index in [1.807, 2.05) is 42.5 Å². The van der Waals surface area contributed by atoms with Crippen molar-refractivity contribution in [2.24, 2.45) is 0 Å². The van der Waals surface area contributed by atoms with Crippen LogP contribution in [0.2, 0.25) is 0 Å². The van der Waals surface area contributed by atoms with Gasteiger partial charge in [-0.2, -0.15) is 0 Å². The van der Waals surface area contributed by atoms with Crippen LogP contribution in [0, 0.1) is 0 Å². The first-order valence-electron chi connectivity index (χ1n) is 9.55. The van der Waals surface area contributed by atoms with Crippen LogP contribution in [0.3, 0.4) is 0 Å². The van der Waals surface area contributed by atoms with Crippen LogP contribution < -0.4 is 9.64 Å². The van der Waals surface area contributed by atoms with Crippen molar-refractivity contribution in [2.45, 2.75) is 12.5 Å². The Balaban J connectivity index is 1.19. The second-order valence-electron chi connectivity index (χ2n) is 7.18. The molecule has 4 aromatic rings. The molecule has 5 rings (SSSR count). The number of aromatic nitrogens is 1. The first-order chi connectivity index (χ1) is 14.2. The first kappa shape index (κ1) is 17.9. The summed E-state index contributed by atoms with van der Waals surface area (Å²) < 4.78 is 12.1. The van der Waals surface area contributed by atoms with E-state index in [2.05, 4.69) is 23.1 Å². The van der Waals surface area contributed by atoms with Gasteiger partial charge in [0.15, 0.2) is 5.13 Å². The summed E-state index contributed by atoms with van der Waals surface area (Å²) in [6, 6.07) is 20.2. The highest BCUT2D eigenvalue weighted by atomic mass is 32.1. The van der Waals surface area contributed by atoms with Crippen molar-refractivity contribution in [3.63, 3.8) is 0 Å². The summed E-state index contributed by atoms with van der Waals surface area (Å²) in [5.74, 6) is 0.597. The largest absolute Gasteiger partial charge is 0.494 e. The van der Waals surface area contributed by atoms with Crippen LogP contribution in [-0.2, 0) is 16.0 Å². The Labute approximate surface area is 172 Å². The van der Waals surface area contributed by atoms with Crippen molar-refractivity contribution < 1.29 is 14.3 Å². The molecule has 5 nitrogen and oxygen atoms in total. The number of thiazole rings is 1. The number of esters is 1. The molecule has 0 bridgehead atoms. The number of fused-ring (bicyclic) bond motifs is 2. The molecule has 0 amide bonds. The van der Waals surface area contributed by atoms with Gasteiger partial charge in [-0.15, -0.1) is 0 Å². The molecular formula is C23H20N2O3S. The van der Waals surface area contributed by atoms with Crippen molar-refractivity contribution in [1.29, 1.82) is 0 Å². The van der Waals surface area contributed by atoms with E-state index in [1.54, 1.807) is 18.4 Å². The van der Waals surface area contributed by atoms with Crippen LogP contribution >= 0.6 is 11.3 Å². The number of hydrogen-bond donors (Lipinski definition) is 0. The topological polar surface area (TPSA) is 51.7 Å². The SMILES string of the molecule is COc1cccc2sc(N3CC(OC(=O)Cc4ccc5ccccc5c4)C3)nc12. The second kappa shape index (κ2) is 7.37. The van der Waals surface area contributed by atoms with E-state index in [0.717, 1.165) is 32.0 Å². The highest BCUT2D eigenvalue weighted by Gasteiger charge is 2.32. The molecule has 0 N–H and O–H groups in total. The van der Waals surface area contributed by atoms with Gasteiger partial charge < -0.3 is 14.4 Å². The number of anilines is 1. The van der Waals surface area contributed by atoms with Gasteiger partial charge in [-0.05, 0) is 28.5 Å². The van der Waals surface area contributed by atoms with Crippen LogP contribution in [0.15, 0.2) is 60.7 Å². The molecule has 0 aliphatic carbocycles. The minimum atomic E-state index is -0.184. The lowest BCUT2D eigenvalue weighted by Crippen LogP contribution is -2.53. The van der Waals surface area contributed by atoms with Crippen LogP contribution in [0.4, 0.5) is 5.13 Å². The molecule has 1 aliphatic heterocycles. The average Bonchev–Trinajstić information content (AvgIpc) is 3.14. The quantitative estimate of drug-likeness (QED) is 0.461. The predicted octanol–water partition coefficient (Wildman–Crippen LogP) is 4.43. The highest BCUT2D eigenvalue weighted by molar-refractivity contribution is 7.22. The number of hydrogen-bond acceptors (Lipinski definition) is 6. The molecule has 2 heterocycles. The van der Waals surface area contributed by atoms with Crippen molar-refractivity contribution in [2.75, 3.05) is 25.1 Å². The molecule has 0 unspecified atom stereocenters. The van der Waals surface area contributed by atoms with Crippen LogP contribution in [0.25, 0.3) is 21.0 Å². The Hall–Kier alpha value is -3.12. The van der Waals surface area contributed by atoms with Gasteiger partial charge in [-0.1, -0.05) is 59.9 Å². The predicted molar refractivity (Wildman–Crippen MR) is 116 cm³/mol. The lowest BCUT2D eigenvalue weighted by molar-refractivity contribution is -0.149. The van der Waals surface area contributed by atoms with Crippen molar-refractivity contribution in [3.05, 3.63) is 66.2 Å². The number of rotatable bonds is 5. The first-order valence-corrected chi connectivity index (χ1v) is 10.4. The lowest BCUT2D eigenvalue weighted by atomic mass is 10.1. The smallest absolute Gasteiger partial charge is 0.310 e. The van der Waals surface area contributed by atoms with Gasteiger partial charge in [0, 0.05) is 0 Å². The third-order valence-electron chi connectivity index (χ3n) is 5.17. The third kappa shape index (κ3) is 3.51. The molecule has 1 saturated heterocycles. The fraction of sp³-hybridized carbons (Fsp3) is 0.217. The minimum Gasteiger partial charge on any atom is -0.494 e. The van der Waals surface area contributed by atoms with Crippen molar-refractivity contribution in [3.8, 4) is 5.75 Å². The Morgan fingerprint density at radius 3 is 2.76 bits per heavy atom. The van der Waals surface area contributed by atoms with Gasteiger partial charge in [-0.25, -0.2) is 4.98 Å². The molecular weight excluding hydrogens is 384 g/mol. The summed E-state index contributed by atoms with van der Waals surface area (Å²) in [6.45, 7) is 1.34. The summed E-state index contributed by atoms with van der Waals surface area (Å²) in [5, 5.41) is 3.25. The van der Waals surface area contributed by atoms with E-state index >= 15 is 0 Å². The summed E-state index contributed by atoms with van der Waals surface area (Å²) in [4.78, 5) is 19.2. The zero-order chi connectivity index (χ0) is 19.8. The van der Waals surface area contributed by atoms with E-state index in [0.29, 0.717) is 19.5 Å². The number of nitrogens with zero attached hydrogens (tertiary/aromatic N) is 2. The van der Waals surface area contributed by atoms with Crippen LogP contribution in [0.5, 0.6) is 5.75 Å². The fourth-order valence-corrected chi connectivity index (χ4v) is 4.62. The van der Waals surface area contributed by atoms with Crippen LogP contribution in [-0.4, -0.2) is 37.3 Å². The molecule has 1 fully saturated rings. The Kier molecular flexibility index (Phi) is 4.56. The standard InChI is InChI=1S/C23H20N2O3S/c1-27-19-7-4-8-20-22(19)24-23(29-20)25-13-18(14-25)28-21(26)12-15-9-10-16-5-2-3-6-17(16)11-15/h2-11,18H,12-14H2,1H3. The van der Waals surface area contributed by atoms with Gasteiger partial charge in [0.25, 0.3) is 0 Å². The fourth-order valence-electron chi connectivity index (χ4n) is 3.62. The molecule has 1 aromatic heterocycles. The van der Waals surface area contributed by atoms with E-state index in [4.69, 9.17) is 14.5 Å². The molecule has 0 saturated carbocycles. The third-order valence-corrected chi connectivity index (χ3v) is 6.25. The summed E-state index contributed by atoms with van der Waals surface area (Å²) in [7, 11) is 1.66. The molecule has 0 atom stereocenters. The monoisotopic (exact) mass is 404 g/mol. The molecule has 29 heavy (non-hydrogen) atoms. The Morgan fingerprint density at radius 1 is 1.10 bits per heavy atom. The minimum absolute atomic E-state index is 0.0862. The van der Waals surface area contributed by atoms with E-state index in [9.17, 15) is 4.79 Å². The molecule has 1 aliphatic rings. The molecule has 146 valence electrons. The Morgan fingerprint density at radius 2 is 1.93 bits per heavy atom. The number of ether oxygens (including phenoxy) is 2. The van der Waals surface area contributed by atoms with Gasteiger partial charge in [0.1, 0.15) is 17.4 Å². The maximum Gasteiger partial charge on any atom is 0.310 e. The van der Waals surface area contributed by atoms with E-state index in [1.165, 1.54) is 5.39 Å². The highest BCUT2D eigenvalue weighted by Crippen LogP contribution is 2.36. The number of carbonyl (C=O) groups is 1. The number of carbonyl (C=O) groups excluding carboxylic acids is 1. The number of para-hydroxylation sites is 1. The number of benzene rings is 3. The van der Waals surface area contributed by atoms with Gasteiger partial charge in [0.2, 0.25) is 0 Å². The number of methoxy groups -OCH3 is 1. The van der Waals surface area contributed by atoms with E-state index in [-0.39, 0.29) is 12.1 Å². The van der Waals surface area contributed by atoms with Crippen LogP contribution in [0.1, 0.15) is 5.56 Å². The molecule has 0 spiro atoms. The van der Waals surface area contributed by atoms with Crippen molar-refractivity contribution in [1.82, 2.24) is 4.98 Å². The average molecular weight is 404 g/mol. The van der Waals surface area contributed by atoms with Crippen molar-refractivity contribution >= 4 is 43.4 Å². The van der Waals surface area contributed by atoms with Gasteiger partial charge in [0.05, 0.1) is 31.3 Å². The lowest BCUT2D eigenvalue weighted by Gasteiger charge is -2.38. The molecule has 6 heteroatoms. The normalized spacial score (nSPS) is 14.2. The maximum atomic E-state index is 12.3. The maximum absolute atomic E-state index is 12.3. The molecule has 3 aromatic carbocycles. The van der Waals surface area contributed by atoms with Gasteiger partial charge >= 0.3 is 5.97 Å². The Bertz CT molecular complexity index is 1200. The second-order valence-corrected chi connectivity index (χ2v) is 8.19. The zero-order valence-corrected chi connectivity index (χ0v) is 16.8. The summed E-state index contributed by atoms with van der Waals surface area (Å²) in [6.07, 6.45) is 0.205. The molecule has 0 radical (unpaired) electrons. The van der Waals surface area contributed by atoms with Gasteiger partial charge in [-0.3, -0.25) is 4.79 Å². The summed E-state index contributed by atoms with van der Waals surface area (Å²) in [5.41, 5.74) is 1.86. The zero-order valence-electron chi connectivity index (χ0n) is 16.0.